The molecule has 0 unspecified atom stereocenters. The van der Waals surface area contributed by atoms with Gasteiger partial charge in [-0.1, -0.05) is 23.2 Å². The van der Waals surface area contributed by atoms with Crippen LogP contribution in [0.1, 0.15) is 25.5 Å². The van der Waals surface area contributed by atoms with E-state index in [0.717, 1.165) is 5.69 Å². The second-order valence-electron chi connectivity index (χ2n) is 6.51. The number of esters is 1. The van der Waals surface area contributed by atoms with Crippen molar-refractivity contribution in [3.63, 3.8) is 0 Å². The second kappa shape index (κ2) is 7.91. The van der Waals surface area contributed by atoms with Crippen molar-refractivity contribution in [2.75, 3.05) is 18.8 Å². The summed E-state index contributed by atoms with van der Waals surface area (Å²) in [7, 11) is -3.24. The van der Waals surface area contributed by atoms with Gasteiger partial charge >= 0.3 is 5.97 Å². The van der Waals surface area contributed by atoms with Crippen LogP contribution in [-0.2, 0) is 14.8 Å². The van der Waals surface area contributed by atoms with Crippen molar-refractivity contribution >= 4 is 50.1 Å². The van der Waals surface area contributed by atoms with E-state index in [1.165, 1.54) is 10.4 Å². The van der Waals surface area contributed by atoms with Gasteiger partial charge in [-0.15, -0.1) is 0 Å². The standard InChI is InChI=1S/C18H20Cl2N2O4S/c1-3-27(24,25)22-8-6-12(7-9-22)18(23)26-17-15(20)10-14(19)13-5-4-11(2)21-16(13)17/h4-5,10,12H,3,6-9H2,1-2H3. The number of hydrogen-bond acceptors (Lipinski definition) is 5. The third-order valence-electron chi connectivity index (χ3n) is 4.73. The summed E-state index contributed by atoms with van der Waals surface area (Å²) in [5, 5.41) is 1.30. The Labute approximate surface area is 168 Å². The molecule has 1 aliphatic rings. The normalized spacial score (nSPS) is 16.6. The molecule has 6 nitrogen and oxygen atoms in total. The van der Waals surface area contributed by atoms with Crippen LogP contribution in [0.25, 0.3) is 10.9 Å². The molecule has 2 aromatic rings. The van der Waals surface area contributed by atoms with Gasteiger partial charge in [-0.3, -0.25) is 4.79 Å². The van der Waals surface area contributed by atoms with Crippen molar-refractivity contribution in [3.8, 4) is 5.75 Å². The number of carbonyl (C=O) groups is 1. The molecule has 146 valence electrons. The van der Waals surface area contributed by atoms with Crippen molar-refractivity contribution in [2.24, 2.45) is 5.92 Å². The summed E-state index contributed by atoms with van der Waals surface area (Å²) in [6.07, 6.45) is 0.821. The highest BCUT2D eigenvalue weighted by atomic mass is 35.5. The molecule has 9 heteroatoms. The molecule has 2 heterocycles. The maximum atomic E-state index is 12.6. The Kier molecular flexibility index (Phi) is 5.96. The molecule has 0 bridgehead atoms. The van der Waals surface area contributed by atoms with Gasteiger partial charge in [0.2, 0.25) is 10.0 Å². The van der Waals surface area contributed by atoms with E-state index in [0.29, 0.717) is 41.9 Å². The molecule has 0 N–H and O–H groups in total. The van der Waals surface area contributed by atoms with Crippen molar-refractivity contribution < 1.29 is 17.9 Å². The zero-order chi connectivity index (χ0) is 19.8. The minimum atomic E-state index is -3.24. The summed E-state index contributed by atoms with van der Waals surface area (Å²) in [5.41, 5.74) is 1.18. The third kappa shape index (κ3) is 4.21. The summed E-state index contributed by atoms with van der Waals surface area (Å²) in [5.74, 6) is -0.579. The van der Waals surface area contributed by atoms with Crippen molar-refractivity contribution in [1.82, 2.24) is 9.29 Å². The lowest BCUT2D eigenvalue weighted by molar-refractivity contribution is -0.140. The number of fused-ring (bicyclic) bond motifs is 1. The molecule has 1 aromatic carbocycles. The Morgan fingerprint density at radius 2 is 1.93 bits per heavy atom. The Balaban J connectivity index is 1.80. The molecule has 0 amide bonds. The lowest BCUT2D eigenvalue weighted by Gasteiger charge is -2.29. The Morgan fingerprint density at radius 1 is 1.26 bits per heavy atom. The Hall–Kier alpha value is -1.41. The molecule has 0 atom stereocenters. The molecule has 27 heavy (non-hydrogen) atoms. The maximum Gasteiger partial charge on any atom is 0.314 e. The number of carbonyl (C=O) groups excluding carboxylic acids is 1. The van der Waals surface area contributed by atoms with Crippen LogP contribution in [0.4, 0.5) is 0 Å². The first kappa shape index (κ1) is 20.3. The lowest BCUT2D eigenvalue weighted by Crippen LogP contribution is -2.41. The van der Waals surface area contributed by atoms with Crippen LogP contribution < -0.4 is 4.74 Å². The fourth-order valence-corrected chi connectivity index (χ4v) is 4.81. The van der Waals surface area contributed by atoms with Gasteiger partial charge in [0.05, 0.1) is 21.7 Å². The van der Waals surface area contributed by atoms with Gasteiger partial charge < -0.3 is 4.74 Å². The molecular weight excluding hydrogens is 411 g/mol. The van der Waals surface area contributed by atoms with E-state index < -0.39 is 16.0 Å². The first-order valence-electron chi connectivity index (χ1n) is 8.67. The van der Waals surface area contributed by atoms with E-state index in [1.54, 1.807) is 6.92 Å². The number of hydrogen-bond donors (Lipinski definition) is 0. The molecule has 0 saturated carbocycles. The van der Waals surface area contributed by atoms with Crippen LogP contribution in [0.2, 0.25) is 10.0 Å². The summed E-state index contributed by atoms with van der Waals surface area (Å²) in [6, 6.07) is 5.15. The van der Waals surface area contributed by atoms with E-state index >= 15 is 0 Å². The zero-order valence-electron chi connectivity index (χ0n) is 15.0. The molecule has 0 spiro atoms. The van der Waals surface area contributed by atoms with E-state index in [2.05, 4.69) is 4.98 Å². The van der Waals surface area contributed by atoms with Crippen LogP contribution >= 0.6 is 23.2 Å². The van der Waals surface area contributed by atoms with Crippen LogP contribution in [-0.4, -0.2) is 42.5 Å². The van der Waals surface area contributed by atoms with E-state index in [1.807, 2.05) is 19.1 Å². The quantitative estimate of drug-likeness (QED) is 0.544. The summed E-state index contributed by atoms with van der Waals surface area (Å²) < 4.78 is 30.9. The first-order valence-corrected chi connectivity index (χ1v) is 11.0. The third-order valence-corrected chi connectivity index (χ3v) is 7.20. The Morgan fingerprint density at radius 3 is 2.56 bits per heavy atom. The molecule has 1 fully saturated rings. The Bertz CT molecular complexity index is 987. The molecular formula is C18H20Cl2N2O4S. The average Bonchev–Trinajstić information content (AvgIpc) is 2.64. The number of halogens is 2. The minimum absolute atomic E-state index is 0.0551. The number of piperidine rings is 1. The second-order valence-corrected chi connectivity index (χ2v) is 9.59. The predicted molar refractivity (Wildman–Crippen MR) is 106 cm³/mol. The summed E-state index contributed by atoms with van der Waals surface area (Å²) in [6.45, 7) is 4.05. The zero-order valence-corrected chi connectivity index (χ0v) is 17.4. The number of aryl methyl sites for hydroxylation is 1. The smallest absolute Gasteiger partial charge is 0.314 e. The molecule has 1 aliphatic heterocycles. The number of benzene rings is 1. The lowest BCUT2D eigenvalue weighted by atomic mass is 9.98. The number of pyridine rings is 1. The van der Waals surface area contributed by atoms with Crippen LogP contribution in [0.5, 0.6) is 5.75 Å². The van der Waals surface area contributed by atoms with Gasteiger partial charge in [-0.2, -0.15) is 0 Å². The van der Waals surface area contributed by atoms with Crippen molar-refractivity contribution in [3.05, 3.63) is 33.9 Å². The highest BCUT2D eigenvalue weighted by molar-refractivity contribution is 7.89. The SMILES string of the molecule is CCS(=O)(=O)N1CCC(C(=O)Oc2c(Cl)cc(Cl)c3ccc(C)nc23)CC1. The fourth-order valence-electron chi connectivity index (χ4n) is 3.12. The highest BCUT2D eigenvalue weighted by Gasteiger charge is 2.32. The van der Waals surface area contributed by atoms with Gasteiger partial charge in [0, 0.05) is 24.2 Å². The van der Waals surface area contributed by atoms with E-state index in [9.17, 15) is 13.2 Å². The highest BCUT2D eigenvalue weighted by Crippen LogP contribution is 2.38. The molecule has 0 radical (unpaired) electrons. The topological polar surface area (TPSA) is 76.6 Å². The first-order chi connectivity index (χ1) is 12.7. The summed E-state index contributed by atoms with van der Waals surface area (Å²) in [4.78, 5) is 17.1. The molecule has 1 aromatic heterocycles. The van der Waals surface area contributed by atoms with E-state index in [-0.39, 0.29) is 22.4 Å². The number of sulfonamides is 1. The van der Waals surface area contributed by atoms with Gasteiger partial charge in [0.15, 0.2) is 5.75 Å². The fraction of sp³-hybridized carbons (Fsp3) is 0.444. The molecule has 3 rings (SSSR count). The predicted octanol–water partition coefficient (Wildman–Crippen LogP) is 3.82. The van der Waals surface area contributed by atoms with Crippen LogP contribution in [0, 0.1) is 12.8 Å². The van der Waals surface area contributed by atoms with Crippen LogP contribution in [0.3, 0.4) is 0 Å². The van der Waals surface area contributed by atoms with Crippen molar-refractivity contribution in [1.29, 1.82) is 0 Å². The largest absolute Gasteiger partial charge is 0.422 e. The minimum Gasteiger partial charge on any atom is -0.422 e. The van der Waals surface area contributed by atoms with E-state index in [4.69, 9.17) is 27.9 Å². The van der Waals surface area contributed by atoms with Gasteiger partial charge in [-0.25, -0.2) is 17.7 Å². The van der Waals surface area contributed by atoms with Gasteiger partial charge in [-0.05, 0) is 44.9 Å². The average molecular weight is 431 g/mol. The molecule has 1 saturated heterocycles. The molecule has 0 aliphatic carbocycles. The maximum absolute atomic E-state index is 12.6. The number of rotatable bonds is 4. The summed E-state index contributed by atoms with van der Waals surface area (Å²) >= 11 is 12.5. The van der Waals surface area contributed by atoms with Crippen LogP contribution in [0.15, 0.2) is 18.2 Å². The monoisotopic (exact) mass is 430 g/mol. The number of aromatic nitrogens is 1. The van der Waals surface area contributed by atoms with Gasteiger partial charge in [0.25, 0.3) is 0 Å². The number of nitrogens with zero attached hydrogens (tertiary/aromatic N) is 2. The van der Waals surface area contributed by atoms with Gasteiger partial charge in [0.1, 0.15) is 5.52 Å². The number of ether oxygens (including phenoxy) is 1. The van der Waals surface area contributed by atoms with Crippen molar-refractivity contribution in [2.45, 2.75) is 26.7 Å².